The van der Waals surface area contributed by atoms with Gasteiger partial charge in [0.2, 0.25) is 0 Å². The number of hydrogen-bond acceptors (Lipinski definition) is 5. The predicted octanol–water partition coefficient (Wildman–Crippen LogP) is 3.47. The van der Waals surface area contributed by atoms with E-state index in [1.54, 1.807) is 12.4 Å². The third-order valence-corrected chi connectivity index (χ3v) is 5.15. The number of thiazole rings is 1. The summed E-state index contributed by atoms with van der Waals surface area (Å²) in [5.74, 6) is 1.47. The molecule has 3 aromatic rings. The molecule has 4 nitrogen and oxygen atoms in total. The number of anilines is 1. The molecule has 1 aliphatic rings. The molecule has 3 heterocycles. The van der Waals surface area contributed by atoms with Gasteiger partial charge in [0.15, 0.2) is 0 Å². The van der Waals surface area contributed by atoms with E-state index in [0.717, 1.165) is 24.4 Å². The third kappa shape index (κ3) is 2.49. The number of para-hydroxylation sites is 1. The fourth-order valence-corrected chi connectivity index (χ4v) is 4.00. The molecule has 1 aliphatic heterocycles. The number of piperidine rings is 1. The van der Waals surface area contributed by atoms with E-state index in [2.05, 4.69) is 39.1 Å². The lowest BCUT2D eigenvalue weighted by atomic mass is 9.99. The van der Waals surface area contributed by atoms with Gasteiger partial charge in [-0.2, -0.15) is 0 Å². The third-order valence-electron chi connectivity index (χ3n) is 3.95. The Bertz CT molecular complexity index is 707. The van der Waals surface area contributed by atoms with Gasteiger partial charge in [0.05, 0.1) is 21.4 Å². The first-order valence-electron chi connectivity index (χ1n) is 7.26. The van der Waals surface area contributed by atoms with Gasteiger partial charge < -0.3 is 4.90 Å². The molecule has 0 radical (unpaired) electrons. The minimum absolute atomic E-state index is 0.498. The van der Waals surface area contributed by atoms with E-state index in [4.69, 9.17) is 4.98 Å². The smallest absolute Gasteiger partial charge is 0.147 e. The molecule has 0 bridgehead atoms. The Morgan fingerprint density at radius 1 is 1.19 bits per heavy atom. The van der Waals surface area contributed by atoms with Crippen molar-refractivity contribution < 1.29 is 0 Å². The number of benzene rings is 1. The van der Waals surface area contributed by atoms with Crippen molar-refractivity contribution in [3.8, 4) is 0 Å². The molecule has 0 aliphatic carbocycles. The van der Waals surface area contributed by atoms with Gasteiger partial charge in [0.25, 0.3) is 0 Å². The van der Waals surface area contributed by atoms with E-state index in [1.807, 2.05) is 17.5 Å². The van der Waals surface area contributed by atoms with E-state index in [1.165, 1.54) is 22.5 Å². The van der Waals surface area contributed by atoms with Crippen LogP contribution >= 0.6 is 11.3 Å². The van der Waals surface area contributed by atoms with Crippen molar-refractivity contribution in [3.63, 3.8) is 0 Å². The van der Waals surface area contributed by atoms with Crippen LogP contribution in [0.15, 0.2) is 42.9 Å². The zero-order valence-corrected chi connectivity index (χ0v) is 12.5. The molecular weight excluding hydrogens is 280 g/mol. The summed E-state index contributed by atoms with van der Waals surface area (Å²) in [6.45, 7) is 2.04. The van der Waals surface area contributed by atoms with E-state index in [-0.39, 0.29) is 0 Å². The summed E-state index contributed by atoms with van der Waals surface area (Å²) in [7, 11) is 0. The fraction of sp³-hybridized carbons (Fsp3) is 0.312. The number of nitrogens with zero attached hydrogens (tertiary/aromatic N) is 4. The molecule has 1 atom stereocenters. The fourth-order valence-electron chi connectivity index (χ4n) is 2.91. The maximum Gasteiger partial charge on any atom is 0.147 e. The summed E-state index contributed by atoms with van der Waals surface area (Å²) in [4.78, 5) is 15.7. The molecule has 1 aromatic carbocycles. The lowest BCUT2D eigenvalue weighted by Crippen LogP contribution is -2.34. The van der Waals surface area contributed by atoms with E-state index >= 15 is 0 Å². The number of aromatic nitrogens is 3. The summed E-state index contributed by atoms with van der Waals surface area (Å²) in [6, 6.07) is 8.38. The van der Waals surface area contributed by atoms with Gasteiger partial charge in [-0.15, -0.1) is 11.3 Å². The second-order valence-electron chi connectivity index (χ2n) is 5.37. The number of hydrogen-bond donors (Lipinski definition) is 0. The molecule has 1 saturated heterocycles. The molecule has 1 fully saturated rings. The largest absolute Gasteiger partial charge is 0.355 e. The van der Waals surface area contributed by atoms with Crippen molar-refractivity contribution in [2.24, 2.45) is 0 Å². The summed E-state index contributed by atoms with van der Waals surface area (Å²) < 4.78 is 1.28. The first kappa shape index (κ1) is 12.7. The van der Waals surface area contributed by atoms with E-state index in [0.29, 0.717) is 5.92 Å². The van der Waals surface area contributed by atoms with Gasteiger partial charge in [-0.05, 0) is 25.0 Å². The first-order valence-corrected chi connectivity index (χ1v) is 8.08. The van der Waals surface area contributed by atoms with Crippen LogP contribution in [-0.2, 0) is 0 Å². The van der Waals surface area contributed by atoms with Crippen molar-refractivity contribution in [1.29, 1.82) is 0 Å². The van der Waals surface area contributed by atoms with Gasteiger partial charge >= 0.3 is 0 Å². The molecule has 0 N–H and O–H groups in total. The minimum atomic E-state index is 0.498. The maximum atomic E-state index is 4.82. The highest BCUT2D eigenvalue weighted by Crippen LogP contribution is 2.33. The molecule has 21 heavy (non-hydrogen) atoms. The van der Waals surface area contributed by atoms with Crippen LogP contribution in [0.3, 0.4) is 0 Å². The predicted molar refractivity (Wildman–Crippen MR) is 85.8 cm³/mol. The topological polar surface area (TPSA) is 41.9 Å². The summed E-state index contributed by atoms with van der Waals surface area (Å²) in [5, 5.41) is 1.25. The van der Waals surface area contributed by atoms with Crippen molar-refractivity contribution in [1.82, 2.24) is 15.0 Å². The van der Waals surface area contributed by atoms with Gasteiger partial charge in [-0.3, -0.25) is 4.98 Å². The van der Waals surface area contributed by atoms with Crippen molar-refractivity contribution in [3.05, 3.63) is 47.9 Å². The molecule has 4 rings (SSSR count). The molecule has 2 aromatic heterocycles. The Morgan fingerprint density at radius 3 is 3.00 bits per heavy atom. The Balaban J connectivity index is 1.60. The second kappa shape index (κ2) is 5.41. The van der Waals surface area contributed by atoms with Crippen LogP contribution in [0.4, 0.5) is 5.82 Å². The van der Waals surface area contributed by atoms with Gasteiger partial charge in [0.1, 0.15) is 5.82 Å². The van der Waals surface area contributed by atoms with Gasteiger partial charge in [-0.25, -0.2) is 9.97 Å². The highest BCUT2D eigenvalue weighted by molar-refractivity contribution is 7.18. The average molecular weight is 296 g/mol. The monoisotopic (exact) mass is 296 g/mol. The highest BCUT2D eigenvalue weighted by atomic mass is 32.1. The number of fused-ring (bicyclic) bond motifs is 1. The molecular formula is C16H16N4S. The van der Waals surface area contributed by atoms with Gasteiger partial charge in [-0.1, -0.05) is 12.1 Å². The van der Waals surface area contributed by atoms with E-state index < -0.39 is 0 Å². The van der Waals surface area contributed by atoms with Crippen LogP contribution in [0.2, 0.25) is 0 Å². The minimum Gasteiger partial charge on any atom is -0.355 e. The van der Waals surface area contributed by atoms with E-state index in [9.17, 15) is 0 Å². The normalized spacial score (nSPS) is 19.0. The Labute approximate surface area is 127 Å². The van der Waals surface area contributed by atoms with Crippen molar-refractivity contribution >= 4 is 27.4 Å². The first-order chi connectivity index (χ1) is 10.4. The zero-order valence-electron chi connectivity index (χ0n) is 11.6. The summed E-state index contributed by atoms with van der Waals surface area (Å²) >= 11 is 1.83. The lowest BCUT2D eigenvalue weighted by Gasteiger charge is -2.32. The van der Waals surface area contributed by atoms with Crippen molar-refractivity contribution in [2.45, 2.75) is 18.8 Å². The molecule has 0 spiro atoms. The second-order valence-corrected chi connectivity index (χ2v) is 6.43. The van der Waals surface area contributed by atoms with Crippen LogP contribution in [0.5, 0.6) is 0 Å². The van der Waals surface area contributed by atoms with Crippen LogP contribution < -0.4 is 4.90 Å². The molecule has 0 saturated carbocycles. The molecule has 106 valence electrons. The van der Waals surface area contributed by atoms with Crippen LogP contribution in [0.25, 0.3) is 10.2 Å². The SMILES string of the molecule is c1ccc2sc(C3CCCN(c4cnccn4)C3)nc2c1. The number of rotatable bonds is 2. The van der Waals surface area contributed by atoms with Crippen LogP contribution in [0, 0.1) is 0 Å². The van der Waals surface area contributed by atoms with Crippen molar-refractivity contribution in [2.75, 3.05) is 18.0 Å². The van der Waals surface area contributed by atoms with Crippen LogP contribution in [-0.4, -0.2) is 28.0 Å². The average Bonchev–Trinajstić information content (AvgIpc) is 3.00. The molecule has 0 amide bonds. The summed E-state index contributed by atoms with van der Waals surface area (Å²) in [6.07, 6.45) is 7.71. The Kier molecular flexibility index (Phi) is 3.27. The molecule has 1 unspecified atom stereocenters. The molecule has 5 heteroatoms. The summed E-state index contributed by atoms with van der Waals surface area (Å²) in [5.41, 5.74) is 1.12. The van der Waals surface area contributed by atoms with Gasteiger partial charge in [0, 0.05) is 31.4 Å². The zero-order chi connectivity index (χ0) is 14.1. The highest BCUT2D eigenvalue weighted by Gasteiger charge is 2.24. The Morgan fingerprint density at radius 2 is 2.14 bits per heavy atom. The standard InChI is InChI=1S/C16H16N4S/c1-2-6-14-13(5-1)19-16(21-14)12-4-3-9-20(11-12)15-10-17-7-8-18-15/h1-2,5-8,10,12H,3-4,9,11H2. The quantitative estimate of drug-likeness (QED) is 0.726. The maximum absolute atomic E-state index is 4.82. The Hall–Kier alpha value is -2.01. The lowest BCUT2D eigenvalue weighted by molar-refractivity contribution is 0.505. The van der Waals surface area contributed by atoms with Crippen LogP contribution in [0.1, 0.15) is 23.8 Å².